The van der Waals surface area contributed by atoms with E-state index in [0.29, 0.717) is 35.4 Å². The predicted molar refractivity (Wildman–Crippen MR) is 102 cm³/mol. The van der Waals surface area contributed by atoms with Gasteiger partial charge in [-0.25, -0.2) is 4.79 Å². The number of phenolic OH excluding ortho intramolecular Hbond substituents is 1. The lowest BCUT2D eigenvalue weighted by Crippen LogP contribution is -2.24. The molecule has 1 heterocycles. The zero-order valence-electron chi connectivity index (χ0n) is 15.0. The number of nitrogens with zero attached hydrogens (tertiary/aromatic N) is 2. The van der Waals surface area contributed by atoms with Crippen LogP contribution in [0.2, 0.25) is 0 Å². The molecule has 0 radical (unpaired) electrons. The first-order valence-electron chi connectivity index (χ1n) is 8.33. The molecule has 7 heteroatoms. The Labute approximate surface area is 150 Å². The Kier molecular flexibility index (Phi) is 4.81. The molecule has 3 aromatic rings. The van der Waals surface area contributed by atoms with Gasteiger partial charge in [-0.3, -0.25) is 9.36 Å². The van der Waals surface area contributed by atoms with Crippen LogP contribution >= 0.6 is 0 Å². The van der Waals surface area contributed by atoms with Crippen molar-refractivity contribution in [1.29, 1.82) is 0 Å². The Hall–Kier alpha value is -3.06. The summed E-state index contributed by atoms with van der Waals surface area (Å²) in [5.41, 5.74) is 2.88. The Morgan fingerprint density at radius 3 is 2.69 bits per heavy atom. The van der Waals surface area contributed by atoms with Crippen LogP contribution in [-0.4, -0.2) is 46.1 Å². The Balaban J connectivity index is 1.89. The van der Waals surface area contributed by atoms with Crippen molar-refractivity contribution >= 4 is 22.6 Å². The summed E-state index contributed by atoms with van der Waals surface area (Å²) < 4.78 is 1.63. The topological polar surface area (TPSA) is 90.4 Å². The number of hydrogen-bond acceptors (Lipinski definition) is 4. The minimum absolute atomic E-state index is 0.126. The molecule has 1 aromatic heterocycles. The normalized spacial score (nSPS) is 11.2. The number of likely N-dealkylation sites (N-methyl/N-ethyl adjacent to an activating group) is 1. The van der Waals surface area contributed by atoms with Crippen LogP contribution < -0.4 is 11.0 Å². The number of aromatic nitrogens is 2. The Bertz CT molecular complexity index is 1020. The summed E-state index contributed by atoms with van der Waals surface area (Å²) in [7, 11) is 3.88. The Morgan fingerprint density at radius 1 is 1.23 bits per heavy atom. The van der Waals surface area contributed by atoms with Crippen molar-refractivity contribution in [2.75, 3.05) is 26.0 Å². The van der Waals surface area contributed by atoms with Crippen LogP contribution in [-0.2, 0) is 6.54 Å². The summed E-state index contributed by atoms with van der Waals surface area (Å²) in [6, 6.07) is 10.1. The number of fused-ring (bicyclic) bond motifs is 1. The van der Waals surface area contributed by atoms with Gasteiger partial charge < -0.3 is 20.3 Å². The minimum Gasteiger partial charge on any atom is -0.508 e. The maximum Gasteiger partial charge on any atom is 0.326 e. The fourth-order valence-corrected chi connectivity index (χ4v) is 2.71. The number of carbonyl (C=O) groups excluding carboxylic acids is 1. The van der Waals surface area contributed by atoms with E-state index in [0.717, 1.165) is 5.56 Å². The highest BCUT2D eigenvalue weighted by atomic mass is 16.3. The smallest absolute Gasteiger partial charge is 0.326 e. The molecule has 0 unspecified atom stereocenters. The molecular formula is C19H22N4O3. The second-order valence-corrected chi connectivity index (χ2v) is 6.57. The number of carbonyl (C=O) groups is 1. The van der Waals surface area contributed by atoms with E-state index in [1.165, 1.54) is 6.07 Å². The summed E-state index contributed by atoms with van der Waals surface area (Å²) in [6.45, 7) is 3.03. The number of nitrogens with one attached hydrogen (secondary N) is 2. The fraction of sp³-hybridized carbons (Fsp3) is 0.263. The summed E-state index contributed by atoms with van der Waals surface area (Å²) in [6.07, 6.45) is 0. The molecule has 136 valence electrons. The largest absolute Gasteiger partial charge is 0.508 e. The van der Waals surface area contributed by atoms with Crippen molar-refractivity contribution in [1.82, 2.24) is 14.5 Å². The second kappa shape index (κ2) is 7.05. The van der Waals surface area contributed by atoms with Gasteiger partial charge in [0.15, 0.2) is 0 Å². The predicted octanol–water partition coefficient (Wildman–Crippen LogP) is 2.16. The van der Waals surface area contributed by atoms with E-state index in [-0.39, 0.29) is 17.3 Å². The number of aromatic amines is 1. The molecule has 3 rings (SSSR count). The molecule has 3 N–H and O–H groups in total. The van der Waals surface area contributed by atoms with E-state index < -0.39 is 0 Å². The lowest BCUT2D eigenvalue weighted by molar-refractivity contribution is 0.102. The molecule has 0 aliphatic heterocycles. The SMILES string of the molecule is Cc1ccc(NC(=O)c2ccc3[nH]c(=O)n(CCN(C)C)c3c2)cc1O. The number of aromatic hydroxyl groups is 1. The quantitative estimate of drug-likeness (QED) is 0.655. The van der Waals surface area contributed by atoms with E-state index in [2.05, 4.69) is 10.3 Å². The van der Waals surface area contributed by atoms with Crippen molar-refractivity contribution in [2.24, 2.45) is 0 Å². The van der Waals surface area contributed by atoms with E-state index in [4.69, 9.17) is 0 Å². The number of amides is 1. The highest BCUT2D eigenvalue weighted by molar-refractivity contribution is 6.06. The van der Waals surface area contributed by atoms with Crippen LogP contribution in [0.1, 0.15) is 15.9 Å². The van der Waals surface area contributed by atoms with Gasteiger partial charge in [-0.15, -0.1) is 0 Å². The number of phenols is 1. The minimum atomic E-state index is -0.303. The lowest BCUT2D eigenvalue weighted by Gasteiger charge is -2.10. The molecule has 1 amide bonds. The summed E-state index contributed by atoms with van der Waals surface area (Å²) in [5.74, 6) is -0.177. The highest BCUT2D eigenvalue weighted by Crippen LogP contribution is 2.22. The van der Waals surface area contributed by atoms with E-state index in [1.807, 2.05) is 19.0 Å². The average molecular weight is 354 g/mol. The van der Waals surface area contributed by atoms with Crippen LogP contribution in [0.15, 0.2) is 41.2 Å². The summed E-state index contributed by atoms with van der Waals surface area (Å²) in [5, 5.41) is 12.5. The summed E-state index contributed by atoms with van der Waals surface area (Å²) in [4.78, 5) is 29.5. The maximum absolute atomic E-state index is 12.5. The molecule has 26 heavy (non-hydrogen) atoms. The van der Waals surface area contributed by atoms with Crippen molar-refractivity contribution in [3.05, 3.63) is 58.0 Å². The van der Waals surface area contributed by atoms with Gasteiger partial charge >= 0.3 is 5.69 Å². The molecule has 2 aromatic carbocycles. The van der Waals surface area contributed by atoms with Gasteiger partial charge in [-0.1, -0.05) is 6.07 Å². The third-order valence-electron chi connectivity index (χ3n) is 4.28. The number of H-pyrrole nitrogens is 1. The molecule has 0 saturated heterocycles. The van der Waals surface area contributed by atoms with E-state index >= 15 is 0 Å². The highest BCUT2D eigenvalue weighted by Gasteiger charge is 2.12. The first-order chi connectivity index (χ1) is 12.3. The third-order valence-corrected chi connectivity index (χ3v) is 4.28. The molecule has 0 aliphatic carbocycles. The molecule has 0 spiro atoms. The molecular weight excluding hydrogens is 332 g/mol. The first-order valence-corrected chi connectivity index (χ1v) is 8.33. The first kappa shape index (κ1) is 17.8. The van der Waals surface area contributed by atoms with Gasteiger partial charge in [0, 0.05) is 30.4 Å². The number of rotatable bonds is 5. The molecule has 0 fully saturated rings. The van der Waals surface area contributed by atoms with Crippen molar-refractivity contribution in [2.45, 2.75) is 13.5 Å². The molecule has 0 saturated carbocycles. The monoisotopic (exact) mass is 354 g/mol. The van der Waals surface area contributed by atoms with Gasteiger partial charge in [0.2, 0.25) is 0 Å². The van der Waals surface area contributed by atoms with Crippen molar-refractivity contribution in [3.63, 3.8) is 0 Å². The van der Waals surface area contributed by atoms with Crippen LogP contribution in [0.5, 0.6) is 5.75 Å². The maximum atomic E-state index is 12.5. The molecule has 0 aliphatic rings. The molecule has 0 bridgehead atoms. The van der Waals surface area contributed by atoms with Crippen molar-refractivity contribution < 1.29 is 9.90 Å². The zero-order chi connectivity index (χ0) is 18.8. The standard InChI is InChI=1S/C19H22N4O3/c1-12-4-6-14(11-17(12)24)20-18(25)13-5-7-15-16(10-13)23(19(26)21-15)9-8-22(2)3/h4-7,10-11,24H,8-9H2,1-3H3,(H,20,25)(H,21,26). The van der Waals surface area contributed by atoms with Gasteiger partial charge in [0.1, 0.15) is 5.75 Å². The van der Waals surface area contributed by atoms with Gasteiger partial charge in [0.05, 0.1) is 11.0 Å². The second-order valence-electron chi connectivity index (χ2n) is 6.57. The third kappa shape index (κ3) is 3.62. The van der Waals surface area contributed by atoms with Crippen LogP contribution in [0, 0.1) is 6.92 Å². The summed E-state index contributed by atoms with van der Waals surface area (Å²) >= 11 is 0. The molecule has 0 atom stereocenters. The van der Waals surface area contributed by atoms with Crippen LogP contribution in [0.3, 0.4) is 0 Å². The number of hydrogen-bond donors (Lipinski definition) is 3. The Morgan fingerprint density at radius 2 is 2.00 bits per heavy atom. The molecule has 7 nitrogen and oxygen atoms in total. The van der Waals surface area contributed by atoms with Crippen molar-refractivity contribution in [3.8, 4) is 5.75 Å². The van der Waals surface area contributed by atoms with Gasteiger partial charge in [0.25, 0.3) is 5.91 Å². The zero-order valence-corrected chi connectivity index (χ0v) is 15.0. The van der Waals surface area contributed by atoms with E-state index in [1.54, 1.807) is 41.8 Å². The van der Waals surface area contributed by atoms with Crippen LogP contribution in [0.4, 0.5) is 5.69 Å². The van der Waals surface area contributed by atoms with Crippen LogP contribution in [0.25, 0.3) is 11.0 Å². The number of aryl methyl sites for hydroxylation is 1. The average Bonchev–Trinajstić information content (AvgIpc) is 2.90. The number of anilines is 1. The van der Waals surface area contributed by atoms with Gasteiger partial charge in [-0.05, 0) is 50.8 Å². The lowest BCUT2D eigenvalue weighted by atomic mass is 10.1. The van der Waals surface area contributed by atoms with E-state index in [9.17, 15) is 14.7 Å². The number of benzene rings is 2. The number of imidazole rings is 1. The van der Waals surface area contributed by atoms with Gasteiger partial charge in [-0.2, -0.15) is 0 Å². The fourth-order valence-electron chi connectivity index (χ4n) is 2.71.